The van der Waals surface area contributed by atoms with Crippen molar-refractivity contribution in [3.63, 3.8) is 0 Å². The molecular weight excluding hydrogens is 234 g/mol. The molecule has 1 unspecified atom stereocenters. The van der Waals surface area contributed by atoms with E-state index in [2.05, 4.69) is 10.3 Å². The lowest BCUT2D eigenvalue weighted by molar-refractivity contribution is 0.0197. The molecule has 3 nitrogen and oxygen atoms in total. The van der Waals surface area contributed by atoms with Gasteiger partial charge in [-0.1, -0.05) is 11.8 Å². The van der Waals surface area contributed by atoms with E-state index in [1.54, 1.807) is 11.8 Å². The molecule has 1 atom stereocenters. The Morgan fingerprint density at radius 3 is 3.00 bits per heavy atom. The molecule has 1 saturated carbocycles. The van der Waals surface area contributed by atoms with Crippen molar-refractivity contribution in [2.24, 2.45) is 10.9 Å². The number of thioether (sulfide) groups is 1. The zero-order valence-corrected chi connectivity index (χ0v) is 9.81. The van der Waals surface area contributed by atoms with E-state index in [-0.39, 0.29) is 0 Å². The van der Waals surface area contributed by atoms with E-state index in [4.69, 9.17) is 4.74 Å². The van der Waals surface area contributed by atoms with Crippen LogP contribution >= 0.6 is 11.8 Å². The predicted molar refractivity (Wildman–Crippen MR) is 61.2 cm³/mol. The number of nitrogens with one attached hydrogen (secondary N) is 1. The van der Waals surface area contributed by atoms with Gasteiger partial charge in [0.25, 0.3) is 6.43 Å². The first-order chi connectivity index (χ1) is 7.75. The average molecular weight is 250 g/mol. The Kier molecular flexibility index (Phi) is 4.40. The first-order valence-electron chi connectivity index (χ1n) is 5.56. The van der Waals surface area contributed by atoms with Crippen molar-refractivity contribution < 1.29 is 13.5 Å². The van der Waals surface area contributed by atoms with E-state index in [1.807, 2.05) is 0 Å². The Labute approximate surface area is 98.0 Å². The number of amidine groups is 1. The molecule has 0 bridgehead atoms. The number of hydrogen-bond donors (Lipinski definition) is 1. The molecule has 16 heavy (non-hydrogen) atoms. The number of hydrogen-bond acceptors (Lipinski definition) is 4. The summed E-state index contributed by atoms with van der Waals surface area (Å²) in [7, 11) is 0. The maximum Gasteiger partial charge on any atom is 0.261 e. The van der Waals surface area contributed by atoms with Gasteiger partial charge in [0.2, 0.25) is 0 Å². The molecule has 1 aliphatic carbocycles. The second kappa shape index (κ2) is 5.82. The number of aliphatic imine (C=N–C) groups is 1. The van der Waals surface area contributed by atoms with Gasteiger partial charge in [-0.15, -0.1) is 0 Å². The average Bonchev–Trinajstić information content (AvgIpc) is 2.99. The van der Waals surface area contributed by atoms with Gasteiger partial charge in [0.05, 0.1) is 13.2 Å². The Balaban J connectivity index is 1.50. The van der Waals surface area contributed by atoms with Crippen LogP contribution in [0.1, 0.15) is 12.8 Å². The largest absolute Gasteiger partial charge is 0.374 e. The molecule has 0 aromatic rings. The number of ether oxygens (including phenoxy) is 1. The smallest absolute Gasteiger partial charge is 0.261 e. The Morgan fingerprint density at radius 2 is 2.31 bits per heavy atom. The van der Waals surface area contributed by atoms with Crippen LogP contribution in [0.15, 0.2) is 4.99 Å². The number of halogens is 2. The molecule has 1 heterocycles. The molecule has 1 aliphatic heterocycles. The minimum absolute atomic E-state index is 0.304. The fourth-order valence-electron chi connectivity index (χ4n) is 1.60. The third kappa shape index (κ3) is 3.90. The summed E-state index contributed by atoms with van der Waals surface area (Å²) in [5, 5.41) is 4.70. The van der Waals surface area contributed by atoms with E-state index in [0.717, 1.165) is 17.6 Å². The van der Waals surface area contributed by atoms with E-state index < -0.39 is 13.0 Å². The highest BCUT2D eigenvalue weighted by Crippen LogP contribution is 2.41. The van der Waals surface area contributed by atoms with Gasteiger partial charge in [0.1, 0.15) is 6.61 Å². The van der Waals surface area contributed by atoms with Crippen LogP contribution in [0, 0.1) is 5.92 Å². The van der Waals surface area contributed by atoms with Crippen molar-refractivity contribution in [1.29, 1.82) is 0 Å². The summed E-state index contributed by atoms with van der Waals surface area (Å²) in [6, 6.07) is 0. The minimum Gasteiger partial charge on any atom is -0.374 e. The van der Waals surface area contributed by atoms with Crippen LogP contribution in [0.25, 0.3) is 0 Å². The van der Waals surface area contributed by atoms with E-state index in [0.29, 0.717) is 18.4 Å². The van der Waals surface area contributed by atoms with Crippen LogP contribution in [0.4, 0.5) is 8.78 Å². The number of rotatable bonds is 6. The van der Waals surface area contributed by atoms with Crippen LogP contribution in [0.3, 0.4) is 0 Å². The quantitative estimate of drug-likeness (QED) is 0.729. The fraction of sp³-hybridized carbons (Fsp3) is 0.900. The third-order valence-corrected chi connectivity index (χ3v) is 3.93. The summed E-state index contributed by atoms with van der Waals surface area (Å²) < 4.78 is 28.2. The molecule has 1 fully saturated rings. The molecule has 6 heteroatoms. The topological polar surface area (TPSA) is 33.6 Å². The first kappa shape index (κ1) is 12.1. The molecule has 0 radical (unpaired) electrons. The maximum atomic E-state index is 11.7. The van der Waals surface area contributed by atoms with Crippen LogP contribution in [0.5, 0.6) is 0 Å². The van der Waals surface area contributed by atoms with Crippen molar-refractivity contribution in [3.05, 3.63) is 0 Å². The Hall–Kier alpha value is -0.360. The first-order valence-corrected chi connectivity index (χ1v) is 6.44. The van der Waals surface area contributed by atoms with E-state index in [9.17, 15) is 8.78 Å². The van der Waals surface area contributed by atoms with E-state index in [1.165, 1.54) is 12.8 Å². The van der Waals surface area contributed by atoms with Crippen LogP contribution in [-0.4, -0.2) is 43.1 Å². The van der Waals surface area contributed by atoms with Crippen LogP contribution in [-0.2, 0) is 4.74 Å². The van der Waals surface area contributed by atoms with Gasteiger partial charge in [-0.2, -0.15) is 0 Å². The molecule has 0 saturated heterocycles. The molecule has 0 spiro atoms. The molecule has 0 aromatic carbocycles. The summed E-state index contributed by atoms with van der Waals surface area (Å²) in [4.78, 5) is 4.38. The second-order valence-electron chi connectivity index (χ2n) is 4.03. The van der Waals surface area contributed by atoms with Gasteiger partial charge in [-0.3, -0.25) is 4.99 Å². The lowest BCUT2D eigenvalue weighted by Gasteiger charge is -2.08. The number of nitrogens with zero attached hydrogens (tertiary/aromatic N) is 1. The highest BCUT2D eigenvalue weighted by Gasteiger charge is 2.35. The number of alkyl halides is 2. The summed E-state index contributed by atoms with van der Waals surface area (Å²) in [6.07, 6.45) is 0.285. The minimum atomic E-state index is -2.38. The van der Waals surface area contributed by atoms with Gasteiger partial charge in [-0.25, -0.2) is 8.78 Å². The van der Waals surface area contributed by atoms with Gasteiger partial charge in [0.15, 0.2) is 5.17 Å². The van der Waals surface area contributed by atoms with Gasteiger partial charge >= 0.3 is 0 Å². The monoisotopic (exact) mass is 250 g/mol. The van der Waals surface area contributed by atoms with Crippen molar-refractivity contribution >= 4 is 16.9 Å². The van der Waals surface area contributed by atoms with Gasteiger partial charge < -0.3 is 10.1 Å². The lowest BCUT2D eigenvalue weighted by Crippen LogP contribution is -2.25. The highest BCUT2D eigenvalue weighted by molar-refractivity contribution is 8.14. The molecule has 0 aromatic heterocycles. The normalized spacial score (nSPS) is 24.9. The second-order valence-corrected chi connectivity index (χ2v) is 5.26. The fourth-order valence-corrected chi connectivity index (χ4v) is 2.84. The summed E-state index contributed by atoms with van der Waals surface area (Å²) >= 11 is 1.78. The molecule has 0 amide bonds. The summed E-state index contributed by atoms with van der Waals surface area (Å²) in [5.41, 5.74) is 0. The summed E-state index contributed by atoms with van der Waals surface area (Å²) in [6.45, 7) is 1.27. The SMILES string of the molecule is FC(F)COCCNC1=NCC(C2CC2)S1. The van der Waals surface area contributed by atoms with Crippen LogP contribution in [0.2, 0.25) is 0 Å². The van der Waals surface area contributed by atoms with E-state index >= 15 is 0 Å². The zero-order valence-electron chi connectivity index (χ0n) is 8.99. The molecule has 2 rings (SSSR count). The zero-order chi connectivity index (χ0) is 11.4. The van der Waals surface area contributed by atoms with Gasteiger partial charge in [-0.05, 0) is 18.8 Å². The van der Waals surface area contributed by atoms with Crippen molar-refractivity contribution in [2.45, 2.75) is 24.5 Å². The Morgan fingerprint density at radius 1 is 1.50 bits per heavy atom. The lowest BCUT2D eigenvalue weighted by atomic mass is 10.3. The molecule has 2 aliphatic rings. The van der Waals surface area contributed by atoms with Crippen LogP contribution < -0.4 is 5.32 Å². The standard InChI is InChI=1S/C10H16F2N2OS/c11-9(12)6-15-4-3-13-10-14-5-8(16-10)7-1-2-7/h7-9H,1-6H2,(H,13,14). The van der Waals surface area contributed by atoms with Gasteiger partial charge in [0, 0.05) is 11.8 Å². The molecule has 1 N–H and O–H groups in total. The maximum absolute atomic E-state index is 11.7. The molecular formula is C10H16F2N2OS. The highest BCUT2D eigenvalue weighted by atomic mass is 32.2. The Bertz CT molecular complexity index is 259. The van der Waals surface area contributed by atoms with Crippen molar-refractivity contribution in [3.8, 4) is 0 Å². The molecule has 92 valence electrons. The van der Waals surface area contributed by atoms with Crippen molar-refractivity contribution in [2.75, 3.05) is 26.3 Å². The third-order valence-electron chi connectivity index (χ3n) is 2.59. The van der Waals surface area contributed by atoms with Crippen molar-refractivity contribution in [1.82, 2.24) is 5.32 Å². The summed E-state index contributed by atoms with van der Waals surface area (Å²) in [5.74, 6) is 0.850. The predicted octanol–water partition coefficient (Wildman–Crippen LogP) is 1.74.